The summed E-state index contributed by atoms with van der Waals surface area (Å²) < 4.78 is 61.5. The summed E-state index contributed by atoms with van der Waals surface area (Å²) in [7, 11) is 0.477. The van der Waals surface area contributed by atoms with Gasteiger partial charge in [-0.3, -0.25) is 9.78 Å². The quantitative estimate of drug-likeness (QED) is 0.838. The summed E-state index contributed by atoms with van der Waals surface area (Å²) in [5, 5.41) is 0. The third kappa shape index (κ3) is 3.63. The first kappa shape index (κ1) is 13.8. The topological polar surface area (TPSA) is 76.2 Å². The summed E-state index contributed by atoms with van der Waals surface area (Å²) in [6.07, 6.45) is -5.15. The molecule has 0 aromatic carbocycles. The number of H-pyrrole nitrogens is 1. The van der Waals surface area contributed by atoms with E-state index in [9.17, 15) is 26.4 Å². The molecule has 0 aliphatic heterocycles. The smallest absolute Gasteiger partial charge is 0.388 e. The first-order valence-corrected chi connectivity index (χ1v) is 6.26. The Labute approximate surface area is 97.6 Å². The molecule has 1 aromatic heterocycles. The molecule has 1 rings (SSSR count). The van der Waals surface area contributed by atoms with Crippen LogP contribution in [0.15, 0.2) is 15.8 Å². The number of rotatable bonds is 2. The van der Waals surface area contributed by atoms with Crippen LogP contribution < -0.4 is 10.3 Å². The molecule has 0 unspecified atom stereocenters. The Morgan fingerprint density at radius 1 is 1.41 bits per heavy atom. The minimum absolute atomic E-state index is 0.247. The maximum absolute atomic E-state index is 12.0. The van der Waals surface area contributed by atoms with Crippen LogP contribution in [0.25, 0.3) is 0 Å². The first-order valence-electron chi connectivity index (χ1n) is 3.95. The molecule has 5 nitrogen and oxygen atoms in total. The van der Waals surface area contributed by atoms with Crippen LogP contribution in [0.5, 0.6) is 5.88 Å². The standard InChI is InChI=1S/C7H5ClF3NO4S/c1-3-2-4(13)12-6(16-7(9,10)11)5(3)17(8,14)15/h2H,1H3,(H,12,13). The number of aromatic nitrogens is 1. The molecule has 1 heterocycles. The van der Waals surface area contributed by atoms with Crippen molar-refractivity contribution in [1.29, 1.82) is 0 Å². The van der Waals surface area contributed by atoms with E-state index in [2.05, 4.69) is 4.74 Å². The molecule has 0 saturated heterocycles. The van der Waals surface area contributed by atoms with Gasteiger partial charge < -0.3 is 4.74 Å². The minimum atomic E-state index is -5.15. The van der Waals surface area contributed by atoms with Gasteiger partial charge in [-0.25, -0.2) is 8.42 Å². The summed E-state index contributed by atoms with van der Waals surface area (Å²) in [5.41, 5.74) is -1.19. The lowest BCUT2D eigenvalue weighted by molar-refractivity contribution is -0.277. The fourth-order valence-corrected chi connectivity index (χ4v) is 2.47. The molecule has 0 bridgehead atoms. The Bertz CT molecular complexity index is 592. The van der Waals surface area contributed by atoms with Crippen LogP contribution in [0.2, 0.25) is 0 Å². The van der Waals surface area contributed by atoms with Crippen molar-refractivity contribution in [2.45, 2.75) is 18.2 Å². The fourth-order valence-electron chi connectivity index (χ4n) is 1.14. The fraction of sp³-hybridized carbons (Fsp3) is 0.286. The van der Waals surface area contributed by atoms with Crippen molar-refractivity contribution in [2.24, 2.45) is 0 Å². The van der Waals surface area contributed by atoms with Gasteiger partial charge in [0.1, 0.15) is 4.90 Å². The Hall–Kier alpha value is -1.22. The molecule has 0 aliphatic carbocycles. The van der Waals surface area contributed by atoms with E-state index in [1.807, 2.05) is 0 Å². The molecule has 17 heavy (non-hydrogen) atoms. The van der Waals surface area contributed by atoms with Gasteiger partial charge in [0.15, 0.2) is 0 Å². The third-order valence-corrected chi connectivity index (χ3v) is 3.07. The van der Waals surface area contributed by atoms with Crippen molar-refractivity contribution in [3.05, 3.63) is 22.0 Å². The molecule has 1 N–H and O–H groups in total. The highest BCUT2D eigenvalue weighted by atomic mass is 35.7. The van der Waals surface area contributed by atoms with Gasteiger partial charge in [-0.05, 0) is 12.5 Å². The van der Waals surface area contributed by atoms with Crippen LogP contribution in [0.1, 0.15) is 5.56 Å². The molecule has 96 valence electrons. The van der Waals surface area contributed by atoms with Gasteiger partial charge in [0.05, 0.1) is 0 Å². The lowest BCUT2D eigenvalue weighted by atomic mass is 10.3. The number of halogens is 4. The maximum atomic E-state index is 12.0. The number of nitrogens with one attached hydrogen (secondary N) is 1. The highest BCUT2D eigenvalue weighted by Crippen LogP contribution is 2.30. The van der Waals surface area contributed by atoms with E-state index in [1.165, 1.54) is 0 Å². The average Bonchev–Trinajstić information content (AvgIpc) is 1.94. The van der Waals surface area contributed by atoms with Crippen molar-refractivity contribution in [2.75, 3.05) is 0 Å². The van der Waals surface area contributed by atoms with Crippen molar-refractivity contribution >= 4 is 19.7 Å². The lowest BCUT2D eigenvalue weighted by Crippen LogP contribution is -2.22. The Kier molecular flexibility index (Phi) is 3.44. The van der Waals surface area contributed by atoms with E-state index in [0.717, 1.165) is 13.0 Å². The zero-order valence-electron chi connectivity index (χ0n) is 8.13. The number of pyridine rings is 1. The van der Waals surface area contributed by atoms with E-state index < -0.39 is 31.7 Å². The maximum Gasteiger partial charge on any atom is 0.574 e. The monoisotopic (exact) mass is 291 g/mol. The van der Waals surface area contributed by atoms with E-state index in [1.54, 1.807) is 4.98 Å². The zero-order chi connectivity index (χ0) is 13.4. The molecule has 0 saturated carbocycles. The molecular weight excluding hydrogens is 287 g/mol. The average molecular weight is 292 g/mol. The summed E-state index contributed by atoms with van der Waals surface area (Å²) in [6, 6.07) is 0.790. The summed E-state index contributed by atoms with van der Waals surface area (Å²) in [6.45, 7) is 1.12. The van der Waals surface area contributed by atoms with Crippen molar-refractivity contribution in [3.8, 4) is 5.88 Å². The largest absolute Gasteiger partial charge is 0.574 e. The van der Waals surface area contributed by atoms with Gasteiger partial charge in [-0.15, -0.1) is 13.2 Å². The Morgan fingerprint density at radius 3 is 2.35 bits per heavy atom. The van der Waals surface area contributed by atoms with Crippen LogP contribution in [0.3, 0.4) is 0 Å². The Morgan fingerprint density at radius 2 is 1.94 bits per heavy atom. The van der Waals surface area contributed by atoms with E-state index >= 15 is 0 Å². The summed E-state index contributed by atoms with van der Waals surface area (Å²) in [5.74, 6) is -1.25. The van der Waals surface area contributed by atoms with Gasteiger partial charge in [-0.2, -0.15) is 0 Å². The predicted molar refractivity (Wildman–Crippen MR) is 51.5 cm³/mol. The van der Waals surface area contributed by atoms with Gasteiger partial charge in [-0.1, -0.05) is 0 Å². The van der Waals surface area contributed by atoms with Crippen LogP contribution in [-0.2, 0) is 9.05 Å². The molecule has 0 atom stereocenters. The molecule has 0 radical (unpaired) electrons. The second-order valence-electron chi connectivity index (χ2n) is 2.96. The van der Waals surface area contributed by atoms with Crippen LogP contribution in [0, 0.1) is 6.92 Å². The van der Waals surface area contributed by atoms with Crippen molar-refractivity contribution in [1.82, 2.24) is 4.98 Å². The normalized spacial score (nSPS) is 12.5. The van der Waals surface area contributed by atoms with Gasteiger partial charge in [0.25, 0.3) is 14.6 Å². The number of hydrogen-bond donors (Lipinski definition) is 1. The molecule has 0 aliphatic rings. The van der Waals surface area contributed by atoms with Gasteiger partial charge in [0.2, 0.25) is 5.88 Å². The second kappa shape index (κ2) is 4.22. The van der Waals surface area contributed by atoms with Crippen LogP contribution in [-0.4, -0.2) is 19.8 Å². The third-order valence-electron chi connectivity index (χ3n) is 1.61. The van der Waals surface area contributed by atoms with Crippen molar-refractivity contribution in [3.63, 3.8) is 0 Å². The lowest BCUT2D eigenvalue weighted by Gasteiger charge is -2.12. The first-order chi connectivity index (χ1) is 7.50. The van der Waals surface area contributed by atoms with E-state index in [0.29, 0.717) is 0 Å². The molecule has 0 fully saturated rings. The summed E-state index contributed by atoms with van der Waals surface area (Å²) in [4.78, 5) is 11.6. The number of ether oxygens (including phenoxy) is 1. The SMILES string of the molecule is Cc1cc(=O)[nH]c(OC(F)(F)F)c1S(=O)(=O)Cl. The predicted octanol–water partition coefficient (Wildman–Crippen LogP) is 1.51. The molecular formula is C7H5ClF3NO4S. The Balaban J connectivity index is 3.53. The highest BCUT2D eigenvalue weighted by Gasteiger charge is 2.35. The molecule has 0 amide bonds. The number of aromatic amines is 1. The summed E-state index contributed by atoms with van der Waals surface area (Å²) >= 11 is 0. The number of hydrogen-bond acceptors (Lipinski definition) is 4. The van der Waals surface area contributed by atoms with E-state index in [4.69, 9.17) is 10.7 Å². The molecule has 0 spiro atoms. The number of aryl methyl sites for hydroxylation is 1. The van der Waals surface area contributed by atoms with Crippen LogP contribution in [0.4, 0.5) is 13.2 Å². The minimum Gasteiger partial charge on any atom is -0.388 e. The van der Waals surface area contributed by atoms with E-state index in [-0.39, 0.29) is 5.56 Å². The van der Waals surface area contributed by atoms with Crippen molar-refractivity contribution < 1.29 is 26.3 Å². The van der Waals surface area contributed by atoms with Gasteiger partial charge in [0, 0.05) is 16.7 Å². The van der Waals surface area contributed by atoms with Gasteiger partial charge >= 0.3 is 6.36 Å². The second-order valence-corrected chi connectivity index (χ2v) is 5.46. The van der Waals surface area contributed by atoms with Crippen LogP contribution >= 0.6 is 10.7 Å². The number of alkyl halides is 3. The molecule has 1 aromatic rings. The molecule has 10 heteroatoms. The zero-order valence-corrected chi connectivity index (χ0v) is 9.70. The highest BCUT2D eigenvalue weighted by molar-refractivity contribution is 8.13.